The highest BCUT2D eigenvalue weighted by Crippen LogP contribution is 2.26. The molecule has 0 saturated carbocycles. The van der Waals surface area contributed by atoms with Crippen molar-refractivity contribution < 1.29 is 4.79 Å². The number of para-hydroxylation sites is 1. The molecular weight excluding hydrogens is 232 g/mol. The van der Waals surface area contributed by atoms with Crippen molar-refractivity contribution in [1.29, 1.82) is 0 Å². The average Bonchev–Trinajstić information content (AvgIpc) is 2.29. The smallest absolute Gasteiger partial charge is 0.230 e. The van der Waals surface area contributed by atoms with Gasteiger partial charge < -0.3 is 5.73 Å². The number of nitrogens with two attached hydrogens (primary N) is 1. The standard InChI is InChI=1S/C13H14N2OS/c1-8-7-12(17-9(2)13(14)16)15-11-6-4-3-5-10(8)11/h3-7,9H,1-2H3,(H2,14,16)/t9-/m0/s1. The van der Waals surface area contributed by atoms with Gasteiger partial charge in [0, 0.05) is 5.39 Å². The Hall–Kier alpha value is -1.55. The Morgan fingerprint density at radius 3 is 2.82 bits per heavy atom. The molecule has 1 heterocycles. The Morgan fingerprint density at radius 2 is 2.12 bits per heavy atom. The number of carbonyl (C=O) groups is 1. The predicted octanol–water partition coefficient (Wildman–Crippen LogP) is 2.51. The van der Waals surface area contributed by atoms with E-state index in [0.717, 1.165) is 21.5 Å². The number of pyridine rings is 1. The minimum absolute atomic E-state index is 0.261. The Balaban J connectivity index is 2.40. The molecule has 3 nitrogen and oxygen atoms in total. The zero-order valence-electron chi connectivity index (χ0n) is 9.81. The SMILES string of the molecule is Cc1cc(S[C@@H](C)C(N)=O)nc2ccccc12. The molecular formula is C13H14N2OS. The normalized spacial score (nSPS) is 12.6. The third-order valence-corrected chi connectivity index (χ3v) is 3.63. The summed E-state index contributed by atoms with van der Waals surface area (Å²) in [5.74, 6) is -0.317. The van der Waals surface area contributed by atoms with Crippen molar-refractivity contribution in [3.8, 4) is 0 Å². The highest BCUT2D eigenvalue weighted by Gasteiger charge is 2.12. The van der Waals surface area contributed by atoms with Gasteiger partial charge in [-0.15, -0.1) is 0 Å². The zero-order chi connectivity index (χ0) is 12.4. The van der Waals surface area contributed by atoms with Crippen LogP contribution >= 0.6 is 11.8 Å². The summed E-state index contributed by atoms with van der Waals surface area (Å²) in [5.41, 5.74) is 7.36. The fourth-order valence-electron chi connectivity index (χ4n) is 1.62. The van der Waals surface area contributed by atoms with Crippen LogP contribution in [0.25, 0.3) is 10.9 Å². The number of hydrogen-bond acceptors (Lipinski definition) is 3. The van der Waals surface area contributed by atoms with Gasteiger partial charge in [0.2, 0.25) is 5.91 Å². The summed E-state index contributed by atoms with van der Waals surface area (Å²) in [6.45, 7) is 3.84. The number of benzene rings is 1. The van der Waals surface area contributed by atoms with Crippen LogP contribution in [0.4, 0.5) is 0 Å². The third kappa shape index (κ3) is 2.58. The molecule has 0 unspecified atom stereocenters. The lowest BCUT2D eigenvalue weighted by Crippen LogP contribution is -2.22. The number of thioether (sulfide) groups is 1. The summed E-state index contributed by atoms with van der Waals surface area (Å²) in [5, 5.41) is 1.72. The summed E-state index contributed by atoms with van der Waals surface area (Å²) in [6, 6.07) is 9.97. The number of amides is 1. The predicted molar refractivity (Wildman–Crippen MR) is 71.0 cm³/mol. The molecule has 0 spiro atoms. The van der Waals surface area contributed by atoms with Gasteiger partial charge in [0.25, 0.3) is 0 Å². The molecule has 0 aliphatic rings. The first-order chi connectivity index (χ1) is 8.08. The van der Waals surface area contributed by atoms with Crippen LogP contribution in [-0.4, -0.2) is 16.1 Å². The van der Waals surface area contributed by atoms with Crippen molar-refractivity contribution in [3.05, 3.63) is 35.9 Å². The maximum atomic E-state index is 11.0. The van der Waals surface area contributed by atoms with Crippen LogP contribution in [0, 0.1) is 6.92 Å². The van der Waals surface area contributed by atoms with Crippen LogP contribution in [-0.2, 0) is 4.79 Å². The minimum atomic E-state index is -0.317. The molecule has 88 valence electrons. The minimum Gasteiger partial charge on any atom is -0.369 e. The molecule has 0 aliphatic carbocycles. The lowest BCUT2D eigenvalue weighted by molar-refractivity contribution is -0.117. The number of rotatable bonds is 3. The highest BCUT2D eigenvalue weighted by atomic mass is 32.2. The fraction of sp³-hybridized carbons (Fsp3) is 0.231. The second kappa shape index (κ2) is 4.75. The third-order valence-electron chi connectivity index (χ3n) is 2.60. The number of nitrogens with zero attached hydrogens (tertiary/aromatic N) is 1. The summed E-state index contributed by atoms with van der Waals surface area (Å²) < 4.78 is 0. The number of carbonyl (C=O) groups excluding carboxylic acids is 1. The van der Waals surface area contributed by atoms with E-state index >= 15 is 0 Å². The van der Waals surface area contributed by atoms with Gasteiger partial charge in [0.05, 0.1) is 15.8 Å². The number of primary amides is 1. The van der Waals surface area contributed by atoms with Crippen LogP contribution in [0.15, 0.2) is 35.4 Å². The van der Waals surface area contributed by atoms with E-state index in [2.05, 4.69) is 4.98 Å². The first-order valence-corrected chi connectivity index (χ1v) is 6.28. The number of fused-ring (bicyclic) bond motifs is 1. The maximum Gasteiger partial charge on any atom is 0.230 e. The van der Waals surface area contributed by atoms with Crippen molar-refractivity contribution in [1.82, 2.24) is 4.98 Å². The summed E-state index contributed by atoms with van der Waals surface area (Å²) >= 11 is 1.40. The summed E-state index contributed by atoms with van der Waals surface area (Å²) in [4.78, 5) is 15.5. The van der Waals surface area contributed by atoms with E-state index in [1.54, 1.807) is 6.92 Å². The van der Waals surface area contributed by atoms with Gasteiger partial charge in [-0.05, 0) is 31.5 Å². The molecule has 17 heavy (non-hydrogen) atoms. The molecule has 2 rings (SSSR count). The number of hydrogen-bond donors (Lipinski definition) is 1. The lowest BCUT2D eigenvalue weighted by Gasteiger charge is -2.08. The second-order valence-electron chi connectivity index (χ2n) is 3.96. The fourth-order valence-corrected chi connectivity index (χ4v) is 2.49. The highest BCUT2D eigenvalue weighted by molar-refractivity contribution is 8.00. The van der Waals surface area contributed by atoms with Gasteiger partial charge in [-0.25, -0.2) is 4.98 Å². The van der Waals surface area contributed by atoms with E-state index in [-0.39, 0.29) is 11.2 Å². The first-order valence-electron chi connectivity index (χ1n) is 5.40. The topological polar surface area (TPSA) is 56.0 Å². The van der Waals surface area contributed by atoms with Crippen LogP contribution in [0.2, 0.25) is 0 Å². The molecule has 4 heteroatoms. The largest absolute Gasteiger partial charge is 0.369 e. The van der Waals surface area contributed by atoms with Crippen molar-refractivity contribution in [2.75, 3.05) is 0 Å². The lowest BCUT2D eigenvalue weighted by atomic mass is 10.1. The van der Waals surface area contributed by atoms with Gasteiger partial charge in [-0.3, -0.25) is 4.79 Å². The van der Waals surface area contributed by atoms with Crippen molar-refractivity contribution >= 4 is 28.6 Å². The number of aryl methyl sites for hydroxylation is 1. The maximum absolute atomic E-state index is 11.0. The molecule has 1 aromatic heterocycles. The van der Waals surface area contributed by atoms with Crippen LogP contribution in [0.3, 0.4) is 0 Å². The summed E-state index contributed by atoms with van der Waals surface area (Å²) in [7, 11) is 0. The molecule has 0 aliphatic heterocycles. The monoisotopic (exact) mass is 246 g/mol. The molecule has 2 N–H and O–H groups in total. The zero-order valence-corrected chi connectivity index (χ0v) is 10.6. The Kier molecular flexibility index (Phi) is 3.33. The van der Waals surface area contributed by atoms with Crippen LogP contribution in [0.1, 0.15) is 12.5 Å². The van der Waals surface area contributed by atoms with Gasteiger partial charge >= 0.3 is 0 Å². The van der Waals surface area contributed by atoms with E-state index in [9.17, 15) is 4.79 Å². The van der Waals surface area contributed by atoms with E-state index in [0.29, 0.717) is 0 Å². The molecule has 0 bridgehead atoms. The van der Waals surface area contributed by atoms with E-state index in [1.165, 1.54) is 11.8 Å². The average molecular weight is 246 g/mol. The Bertz CT molecular complexity index is 568. The van der Waals surface area contributed by atoms with Crippen molar-refractivity contribution in [2.45, 2.75) is 24.1 Å². The van der Waals surface area contributed by atoms with Crippen molar-refractivity contribution in [2.24, 2.45) is 5.73 Å². The van der Waals surface area contributed by atoms with Crippen LogP contribution in [0.5, 0.6) is 0 Å². The molecule has 0 radical (unpaired) electrons. The van der Waals surface area contributed by atoms with E-state index in [4.69, 9.17) is 5.73 Å². The summed E-state index contributed by atoms with van der Waals surface area (Å²) in [6.07, 6.45) is 0. The van der Waals surface area contributed by atoms with Crippen LogP contribution < -0.4 is 5.73 Å². The Labute approximate surface area is 104 Å². The van der Waals surface area contributed by atoms with Gasteiger partial charge in [-0.2, -0.15) is 0 Å². The Morgan fingerprint density at radius 1 is 1.41 bits per heavy atom. The van der Waals surface area contributed by atoms with E-state index in [1.807, 2.05) is 37.3 Å². The molecule has 0 saturated heterocycles. The first kappa shape index (κ1) is 11.9. The molecule has 0 fully saturated rings. The van der Waals surface area contributed by atoms with Gasteiger partial charge in [-0.1, -0.05) is 30.0 Å². The van der Waals surface area contributed by atoms with E-state index < -0.39 is 0 Å². The molecule has 1 aromatic carbocycles. The van der Waals surface area contributed by atoms with Gasteiger partial charge in [0.1, 0.15) is 0 Å². The van der Waals surface area contributed by atoms with Crippen molar-refractivity contribution in [3.63, 3.8) is 0 Å². The molecule has 2 aromatic rings. The quantitative estimate of drug-likeness (QED) is 0.847. The molecule has 1 atom stereocenters. The second-order valence-corrected chi connectivity index (χ2v) is 5.32. The van der Waals surface area contributed by atoms with Gasteiger partial charge in [0.15, 0.2) is 0 Å². The number of aromatic nitrogens is 1. The molecule has 1 amide bonds.